The largest absolute Gasteiger partial charge is 0.508 e. The number of esters is 1. The number of nitrogens with zero attached hydrogens (tertiary/aromatic N) is 1. The molecule has 1 amide bonds. The molecule has 2 aromatic rings. The Hall–Kier alpha value is -3.13. The fourth-order valence-electron chi connectivity index (χ4n) is 2.81. The fraction of sp³-hybridized carbons (Fsp3) is 0.200. The third-order valence-corrected chi connectivity index (χ3v) is 5.64. The number of carbonyl (C=O) groups excluding carboxylic acids is 2. The van der Waals surface area contributed by atoms with E-state index in [1.54, 1.807) is 0 Å². The molecule has 0 aromatic heterocycles. The Bertz CT molecular complexity index is 983. The summed E-state index contributed by atoms with van der Waals surface area (Å²) in [5.74, 6) is -1.39. The van der Waals surface area contributed by atoms with E-state index in [2.05, 4.69) is 0 Å². The summed E-state index contributed by atoms with van der Waals surface area (Å²) in [6, 6.07) is 14.0. The monoisotopic (exact) mass is 401 g/mol. The van der Waals surface area contributed by atoms with Crippen molar-refractivity contribution < 1.29 is 27.9 Å². The second-order valence-electron chi connectivity index (χ2n) is 6.36. The highest BCUT2D eigenvalue weighted by molar-refractivity contribution is 7.94. The van der Waals surface area contributed by atoms with E-state index >= 15 is 0 Å². The Labute approximate surface area is 162 Å². The molecule has 0 fully saturated rings. The van der Waals surface area contributed by atoms with Crippen LogP contribution in [0.2, 0.25) is 0 Å². The van der Waals surface area contributed by atoms with E-state index in [9.17, 15) is 23.1 Å². The number of benzene rings is 2. The van der Waals surface area contributed by atoms with Gasteiger partial charge in [-0.05, 0) is 35.9 Å². The van der Waals surface area contributed by atoms with Crippen LogP contribution in [0.15, 0.2) is 66.1 Å². The lowest BCUT2D eigenvalue weighted by Crippen LogP contribution is -2.42. The van der Waals surface area contributed by atoms with Gasteiger partial charge in [-0.3, -0.25) is 4.79 Å². The van der Waals surface area contributed by atoms with Gasteiger partial charge in [0.15, 0.2) is 16.4 Å². The van der Waals surface area contributed by atoms with Crippen molar-refractivity contribution in [2.45, 2.75) is 12.6 Å². The first-order valence-corrected chi connectivity index (χ1v) is 10.3. The lowest BCUT2D eigenvalue weighted by molar-refractivity contribution is -0.136. The molecule has 7 nitrogen and oxygen atoms in total. The predicted molar refractivity (Wildman–Crippen MR) is 102 cm³/mol. The van der Waals surface area contributed by atoms with Gasteiger partial charge in [-0.2, -0.15) is 0 Å². The van der Waals surface area contributed by atoms with E-state index in [1.807, 2.05) is 30.3 Å². The normalized spacial score (nSPS) is 17.2. The Morgan fingerprint density at radius 3 is 2.36 bits per heavy atom. The Balaban J connectivity index is 1.70. The molecule has 0 unspecified atom stereocenters. The van der Waals surface area contributed by atoms with E-state index < -0.39 is 34.4 Å². The molecule has 0 saturated carbocycles. The van der Waals surface area contributed by atoms with Gasteiger partial charge >= 0.3 is 5.97 Å². The van der Waals surface area contributed by atoms with E-state index in [-0.39, 0.29) is 23.6 Å². The first-order chi connectivity index (χ1) is 13.3. The predicted octanol–water partition coefficient (Wildman–Crippen LogP) is 1.89. The lowest BCUT2D eigenvalue weighted by atomic mass is 10.1. The van der Waals surface area contributed by atoms with Crippen LogP contribution in [0.25, 0.3) is 0 Å². The first-order valence-electron chi connectivity index (χ1n) is 8.54. The van der Waals surface area contributed by atoms with E-state index in [1.165, 1.54) is 35.2 Å². The number of phenolic OH excluding ortho intramolecular Hbond substituents is 1. The van der Waals surface area contributed by atoms with Gasteiger partial charge in [0.2, 0.25) is 0 Å². The van der Waals surface area contributed by atoms with Crippen molar-refractivity contribution in [3.63, 3.8) is 0 Å². The van der Waals surface area contributed by atoms with Gasteiger partial charge in [-0.15, -0.1) is 0 Å². The number of rotatable bonds is 6. The van der Waals surface area contributed by atoms with Gasteiger partial charge in [0.05, 0.1) is 17.4 Å². The minimum absolute atomic E-state index is 0.0101. The first kappa shape index (κ1) is 19.6. The molecule has 0 spiro atoms. The van der Waals surface area contributed by atoms with Gasteiger partial charge in [0.1, 0.15) is 5.75 Å². The van der Waals surface area contributed by atoms with Crippen LogP contribution >= 0.6 is 0 Å². The fourth-order valence-corrected chi connectivity index (χ4v) is 4.11. The van der Waals surface area contributed by atoms with Crippen molar-refractivity contribution in [3.05, 3.63) is 77.2 Å². The van der Waals surface area contributed by atoms with Crippen LogP contribution in [-0.2, 0) is 25.9 Å². The zero-order chi connectivity index (χ0) is 20.1. The standard InChI is InChI=1S/C20H19NO6S/c22-18-8-6-16(7-9-18)20(24)27-13-19(23)21(12-15-4-2-1-3-5-15)17-10-11-28(25,26)14-17/h1-11,17,22H,12-14H2/t17-/m0/s1. The van der Waals surface area contributed by atoms with Crippen LogP contribution in [0.4, 0.5) is 0 Å². The number of hydrogen-bond donors (Lipinski definition) is 1. The molecule has 1 heterocycles. The molecule has 1 aliphatic heterocycles. The summed E-state index contributed by atoms with van der Waals surface area (Å²) in [6.07, 6.45) is 1.47. The van der Waals surface area contributed by atoms with Gasteiger partial charge in [-0.1, -0.05) is 30.3 Å². The highest BCUT2D eigenvalue weighted by atomic mass is 32.2. The maximum Gasteiger partial charge on any atom is 0.338 e. The minimum atomic E-state index is -3.35. The number of aromatic hydroxyl groups is 1. The molecule has 3 rings (SSSR count). The molecular formula is C20H19NO6S. The van der Waals surface area contributed by atoms with Crippen molar-refractivity contribution in [1.82, 2.24) is 4.90 Å². The van der Waals surface area contributed by atoms with Crippen molar-refractivity contribution in [2.24, 2.45) is 0 Å². The molecule has 1 atom stereocenters. The van der Waals surface area contributed by atoms with E-state index in [0.717, 1.165) is 11.0 Å². The molecule has 146 valence electrons. The summed E-state index contributed by atoms with van der Waals surface area (Å²) in [7, 11) is -3.35. The van der Waals surface area contributed by atoms with Crippen LogP contribution in [0.3, 0.4) is 0 Å². The molecule has 28 heavy (non-hydrogen) atoms. The summed E-state index contributed by atoms with van der Waals surface area (Å²) in [6.45, 7) is -0.322. The molecule has 0 saturated heterocycles. The summed E-state index contributed by atoms with van der Waals surface area (Å²) < 4.78 is 28.6. The summed E-state index contributed by atoms with van der Waals surface area (Å²) in [4.78, 5) is 26.2. The number of carbonyl (C=O) groups is 2. The Morgan fingerprint density at radius 1 is 1.07 bits per heavy atom. The van der Waals surface area contributed by atoms with Gasteiger partial charge in [0.25, 0.3) is 5.91 Å². The number of amides is 1. The maximum absolute atomic E-state index is 12.7. The number of ether oxygens (including phenoxy) is 1. The molecule has 0 radical (unpaired) electrons. The number of sulfone groups is 1. The SMILES string of the molecule is O=C(OCC(=O)N(Cc1ccccc1)[C@H]1C=CS(=O)(=O)C1)c1ccc(O)cc1. The third kappa shape index (κ3) is 4.98. The Kier molecular flexibility index (Phi) is 5.79. The topological polar surface area (TPSA) is 101 Å². The summed E-state index contributed by atoms with van der Waals surface area (Å²) >= 11 is 0. The van der Waals surface area contributed by atoms with Crippen LogP contribution in [-0.4, -0.2) is 48.7 Å². The van der Waals surface area contributed by atoms with Gasteiger partial charge in [0, 0.05) is 12.0 Å². The molecule has 8 heteroatoms. The van der Waals surface area contributed by atoms with Crippen molar-refractivity contribution >= 4 is 21.7 Å². The molecular weight excluding hydrogens is 382 g/mol. The molecule has 2 aromatic carbocycles. The zero-order valence-electron chi connectivity index (χ0n) is 14.9. The van der Waals surface area contributed by atoms with E-state index in [0.29, 0.717) is 0 Å². The zero-order valence-corrected chi connectivity index (χ0v) is 15.7. The second kappa shape index (κ2) is 8.26. The van der Waals surface area contributed by atoms with E-state index in [4.69, 9.17) is 4.74 Å². The van der Waals surface area contributed by atoms with Crippen LogP contribution < -0.4 is 0 Å². The van der Waals surface area contributed by atoms with Crippen LogP contribution in [0.5, 0.6) is 5.75 Å². The molecule has 0 aliphatic carbocycles. The van der Waals surface area contributed by atoms with Gasteiger partial charge in [-0.25, -0.2) is 13.2 Å². The molecule has 1 N–H and O–H groups in total. The molecule has 0 bridgehead atoms. The maximum atomic E-state index is 12.7. The highest BCUT2D eigenvalue weighted by Crippen LogP contribution is 2.18. The lowest BCUT2D eigenvalue weighted by Gasteiger charge is -2.27. The smallest absolute Gasteiger partial charge is 0.338 e. The second-order valence-corrected chi connectivity index (χ2v) is 8.29. The van der Waals surface area contributed by atoms with Gasteiger partial charge < -0.3 is 14.7 Å². The number of hydrogen-bond acceptors (Lipinski definition) is 6. The van der Waals surface area contributed by atoms with Crippen molar-refractivity contribution in [3.8, 4) is 5.75 Å². The quantitative estimate of drug-likeness (QED) is 0.742. The average Bonchev–Trinajstić information content (AvgIpc) is 3.04. The highest BCUT2D eigenvalue weighted by Gasteiger charge is 2.30. The minimum Gasteiger partial charge on any atom is -0.508 e. The average molecular weight is 401 g/mol. The third-order valence-electron chi connectivity index (χ3n) is 4.26. The van der Waals surface area contributed by atoms with Crippen LogP contribution in [0.1, 0.15) is 15.9 Å². The summed E-state index contributed by atoms with van der Waals surface area (Å²) in [5, 5.41) is 10.4. The van der Waals surface area contributed by atoms with Crippen molar-refractivity contribution in [1.29, 1.82) is 0 Å². The van der Waals surface area contributed by atoms with Crippen LogP contribution in [0, 0.1) is 0 Å². The number of phenols is 1. The van der Waals surface area contributed by atoms with Crippen molar-refractivity contribution in [2.75, 3.05) is 12.4 Å². The Morgan fingerprint density at radius 2 is 1.75 bits per heavy atom. The molecule has 1 aliphatic rings. The summed E-state index contributed by atoms with van der Waals surface area (Å²) in [5.41, 5.74) is 1.03.